The molecule has 0 fully saturated rings. The van der Waals surface area contributed by atoms with E-state index in [9.17, 15) is 4.79 Å². The van der Waals surface area contributed by atoms with Gasteiger partial charge in [0.25, 0.3) is 5.89 Å². The lowest BCUT2D eigenvalue weighted by Crippen LogP contribution is -2.06. The molecule has 2 aromatic heterocycles. The Kier molecular flexibility index (Phi) is 4.11. The summed E-state index contributed by atoms with van der Waals surface area (Å²) < 4.78 is 10.2. The molecule has 2 heterocycles. The maximum Gasteiger partial charge on any atom is 0.338 e. The summed E-state index contributed by atoms with van der Waals surface area (Å²) in [4.78, 5) is 19.8. The van der Waals surface area contributed by atoms with E-state index in [1.54, 1.807) is 36.4 Å². The van der Waals surface area contributed by atoms with Crippen LogP contribution in [0.2, 0.25) is 5.02 Å². The standard InChI is InChI=1S/C15H10ClN3O3/c16-12-3-1-2-11(8-12)14-18-13(19-22-14)9-21-15(20)10-4-6-17-7-5-10/h1-8H,9H2. The fraction of sp³-hybridized carbons (Fsp3) is 0.0667. The van der Waals surface area contributed by atoms with Gasteiger partial charge in [0, 0.05) is 23.0 Å². The second kappa shape index (κ2) is 6.36. The minimum absolute atomic E-state index is 0.0782. The molecule has 0 aliphatic carbocycles. The predicted molar refractivity (Wildman–Crippen MR) is 78.1 cm³/mol. The molecule has 0 unspecified atom stereocenters. The normalized spacial score (nSPS) is 10.4. The van der Waals surface area contributed by atoms with Crippen LogP contribution in [0.5, 0.6) is 0 Å². The number of hydrogen-bond donors (Lipinski definition) is 0. The minimum Gasteiger partial charge on any atom is -0.454 e. The van der Waals surface area contributed by atoms with Crippen molar-refractivity contribution in [1.29, 1.82) is 0 Å². The van der Waals surface area contributed by atoms with Gasteiger partial charge in [-0.25, -0.2) is 4.79 Å². The summed E-state index contributed by atoms with van der Waals surface area (Å²) in [5.41, 5.74) is 1.11. The third kappa shape index (κ3) is 3.29. The van der Waals surface area contributed by atoms with Crippen LogP contribution in [-0.4, -0.2) is 21.1 Å². The maximum atomic E-state index is 11.8. The molecule has 0 atom stereocenters. The molecule has 0 N–H and O–H groups in total. The summed E-state index contributed by atoms with van der Waals surface area (Å²) >= 11 is 5.91. The van der Waals surface area contributed by atoms with E-state index in [-0.39, 0.29) is 12.4 Å². The number of hydrogen-bond acceptors (Lipinski definition) is 6. The Balaban J connectivity index is 1.66. The van der Waals surface area contributed by atoms with Crippen LogP contribution in [0.3, 0.4) is 0 Å². The lowest BCUT2D eigenvalue weighted by Gasteiger charge is -2.00. The third-order valence-corrected chi connectivity index (χ3v) is 3.02. The van der Waals surface area contributed by atoms with Crippen LogP contribution in [0.15, 0.2) is 53.3 Å². The van der Waals surface area contributed by atoms with Gasteiger partial charge < -0.3 is 9.26 Å². The molecule has 1 aromatic carbocycles. The van der Waals surface area contributed by atoms with Crippen molar-refractivity contribution in [1.82, 2.24) is 15.1 Å². The van der Waals surface area contributed by atoms with Gasteiger partial charge in [0.05, 0.1) is 5.56 Å². The van der Waals surface area contributed by atoms with Gasteiger partial charge in [-0.2, -0.15) is 4.98 Å². The first-order valence-electron chi connectivity index (χ1n) is 6.38. The van der Waals surface area contributed by atoms with E-state index in [0.29, 0.717) is 22.0 Å². The third-order valence-electron chi connectivity index (χ3n) is 2.79. The first kappa shape index (κ1) is 14.2. The van der Waals surface area contributed by atoms with Crippen molar-refractivity contribution < 1.29 is 14.1 Å². The number of ether oxygens (including phenoxy) is 1. The number of carbonyl (C=O) groups excluding carboxylic acids is 1. The molecule has 0 radical (unpaired) electrons. The van der Waals surface area contributed by atoms with Crippen LogP contribution in [-0.2, 0) is 11.3 Å². The van der Waals surface area contributed by atoms with Crippen LogP contribution >= 0.6 is 11.6 Å². The quantitative estimate of drug-likeness (QED) is 0.688. The number of carbonyl (C=O) groups is 1. The molecule has 3 rings (SSSR count). The fourth-order valence-electron chi connectivity index (χ4n) is 1.75. The molecular weight excluding hydrogens is 306 g/mol. The Hall–Kier alpha value is -2.73. The van der Waals surface area contributed by atoms with Crippen LogP contribution in [0.25, 0.3) is 11.5 Å². The molecule has 0 aliphatic rings. The number of nitrogens with zero attached hydrogens (tertiary/aromatic N) is 3. The maximum absolute atomic E-state index is 11.8. The van der Waals surface area contributed by atoms with Gasteiger partial charge in [-0.15, -0.1) is 0 Å². The highest BCUT2D eigenvalue weighted by atomic mass is 35.5. The Morgan fingerprint density at radius 3 is 2.82 bits per heavy atom. The second-order valence-corrected chi connectivity index (χ2v) is 4.77. The molecule has 7 heteroatoms. The van der Waals surface area contributed by atoms with Crippen molar-refractivity contribution in [2.24, 2.45) is 0 Å². The van der Waals surface area contributed by atoms with Gasteiger partial charge >= 0.3 is 5.97 Å². The van der Waals surface area contributed by atoms with Crippen LogP contribution in [0.1, 0.15) is 16.2 Å². The number of esters is 1. The van der Waals surface area contributed by atoms with Crippen molar-refractivity contribution >= 4 is 17.6 Å². The highest BCUT2D eigenvalue weighted by Crippen LogP contribution is 2.21. The molecule has 0 aliphatic heterocycles. The molecule has 0 spiro atoms. The molecule has 3 aromatic rings. The molecule has 0 saturated heterocycles. The van der Waals surface area contributed by atoms with Crippen molar-refractivity contribution in [3.8, 4) is 11.5 Å². The summed E-state index contributed by atoms with van der Waals surface area (Å²) in [7, 11) is 0. The summed E-state index contributed by atoms with van der Waals surface area (Å²) in [5, 5.41) is 4.34. The number of aromatic nitrogens is 3. The first-order chi connectivity index (χ1) is 10.7. The molecule has 6 nitrogen and oxygen atoms in total. The largest absolute Gasteiger partial charge is 0.454 e. The zero-order chi connectivity index (χ0) is 15.4. The Labute approximate surface area is 130 Å². The first-order valence-corrected chi connectivity index (χ1v) is 6.76. The predicted octanol–water partition coefficient (Wildman–Crippen LogP) is 3.14. The van der Waals surface area contributed by atoms with Gasteiger partial charge in [0.2, 0.25) is 5.82 Å². The zero-order valence-corrected chi connectivity index (χ0v) is 12.0. The van der Waals surface area contributed by atoms with Gasteiger partial charge in [-0.1, -0.05) is 22.8 Å². The van der Waals surface area contributed by atoms with E-state index >= 15 is 0 Å². The van der Waals surface area contributed by atoms with E-state index in [1.165, 1.54) is 12.4 Å². The van der Waals surface area contributed by atoms with Crippen LogP contribution in [0, 0.1) is 0 Å². The Morgan fingerprint density at radius 2 is 2.05 bits per heavy atom. The molecule has 22 heavy (non-hydrogen) atoms. The average molecular weight is 316 g/mol. The van der Waals surface area contributed by atoms with Crippen molar-refractivity contribution in [3.63, 3.8) is 0 Å². The Bertz CT molecular complexity index is 789. The molecule has 0 bridgehead atoms. The fourth-order valence-corrected chi connectivity index (χ4v) is 1.94. The summed E-state index contributed by atoms with van der Waals surface area (Å²) in [6, 6.07) is 10.2. The average Bonchev–Trinajstić information content (AvgIpc) is 3.02. The summed E-state index contributed by atoms with van der Waals surface area (Å²) in [5.74, 6) is 0.117. The smallest absolute Gasteiger partial charge is 0.338 e. The number of benzene rings is 1. The number of rotatable bonds is 4. The van der Waals surface area contributed by atoms with E-state index in [4.69, 9.17) is 20.9 Å². The second-order valence-electron chi connectivity index (χ2n) is 4.34. The lowest BCUT2D eigenvalue weighted by atomic mass is 10.2. The van der Waals surface area contributed by atoms with Crippen LogP contribution < -0.4 is 0 Å². The molecule has 0 saturated carbocycles. The highest BCUT2D eigenvalue weighted by molar-refractivity contribution is 6.30. The molecular formula is C15H10ClN3O3. The van der Waals surface area contributed by atoms with E-state index in [2.05, 4.69) is 15.1 Å². The van der Waals surface area contributed by atoms with E-state index in [1.807, 2.05) is 0 Å². The minimum atomic E-state index is -0.475. The van der Waals surface area contributed by atoms with Crippen LogP contribution in [0.4, 0.5) is 0 Å². The Morgan fingerprint density at radius 1 is 1.23 bits per heavy atom. The van der Waals surface area contributed by atoms with Gasteiger partial charge in [-0.3, -0.25) is 4.98 Å². The SMILES string of the molecule is O=C(OCc1noc(-c2cccc(Cl)c2)n1)c1ccncc1. The lowest BCUT2D eigenvalue weighted by molar-refractivity contribution is 0.0459. The van der Waals surface area contributed by atoms with Gasteiger partial charge in [0.15, 0.2) is 6.61 Å². The van der Waals surface area contributed by atoms with Crippen molar-refractivity contribution in [2.75, 3.05) is 0 Å². The monoisotopic (exact) mass is 315 g/mol. The topological polar surface area (TPSA) is 78.1 Å². The van der Waals surface area contributed by atoms with Gasteiger partial charge in [0.1, 0.15) is 0 Å². The molecule has 0 amide bonds. The highest BCUT2D eigenvalue weighted by Gasteiger charge is 2.12. The zero-order valence-electron chi connectivity index (χ0n) is 11.3. The summed E-state index contributed by atoms with van der Waals surface area (Å²) in [6.45, 7) is -0.0782. The van der Waals surface area contributed by atoms with E-state index in [0.717, 1.165) is 0 Å². The van der Waals surface area contributed by atoms with Crippen molar-refractivity contribution in [3.05, 3.63) is 65.2 Å². The van der Waals surface area contributed by atoms with E-state index < -0.39 is 5.97 Å². The number of pyridine rings is 1. The molecule has 110 valence electrons. The van der Waals surface area contributed by atoms with Crippen molar-refractivity contribution in [2.45, 2.75) is 6.61 Å². The number of halogens is 1. The van der Waals surface area contributed by atoms with Gasteiger partial charge in [-0.05, 0) is 30.3 Å². The summed E-state index contributed by atoms with van der Waals surface area (Å²) in [6.07, 6.45) is 3.03.